The van der Waals surface area contributed by atoms with Gasteiger partial charge in [-0.25, -0.2) is 0 Å². The molecule has 1 aliphatic rings. The number of nitro benzene ring substituents is 1. The van der Waals surface area contributed by atoms with Crippen LogP contribution in [0.15, 0.2) is 30.3 Å². The monoisotopic (exact) mass is 361 g/mol. The molecule has 1 N–H and O–H groups in total. The lowest BCUT2D eigenvalue weighted by Crippen LogP contribution is -2.49. The second kappa shape index (κ2) is 10.0. The molecule has 0 saturated carbocycles. The zero-order chi connectivity index (χ0) is 18.9. The third-order valence-electron chi connectivity index (χ3n) is 4.37. The highest BCUT2D eigenvalue weighted by atomic mass is 16.6. The molecular weight excluding hydrogens is 334 g/mol. The first-order valence-electron chi connectivity index (χ1n) is 8.98. The predicted octanol–water partition coefficient (Wildman–Crippen LogP) is 2.47. The van der Waals surface area contributed by atoms with Crippen LogP contribution < -0.4 is 5.32 Å². The van der Waals surface area contributed by atoms with Crippen LogP contribution in [0, 0.1) is 16.0 Å². The standard InChI is InChI=1S/C19H27N3O4/c1-15(2)13-17(21-9-11-26-12-10-21)14-20-19(23)8-7-16-5-3-4-6-18(16)22(24)25/h3-8,15,17H,9-14H2,1-2H3,(H,20,23)/b8-7+. The van der Waals surface area contributed by atoms with E-state index in [0.717, 1.165) is 32.7 Å². The van der Waals surface area contributed by atoms with Crippen molar-refractivity contribution in [2.24, 2.45) is 5.92 Å². The maximum Gasteiger partial charge on any atom is 0.276 e. The van der Waals surface area contributed by atoms with E-state index >= 15 is 0 Å². The Hall–Kier alpha value is -2.25. The fraction of sp³-hybridized carbons (Fsp3) is 0.526. The number of amides is 1. The van der Waals surface area contributed by atoms with Gasteiger partial charge in [0.05, 0.1) is 23.7 Å². The number of rotatable bonds is 8. The summed E-state index contributed by atoms with van der Waals surface area (Å²) in [5.41, 5.74) is 0.405. The first-order valence-corrected chi connectivity index (χ1v) is 8.98. The number of nitrogens with zero attached hydrogens (tertiary/aromatic N) is 2. The largest absolute Gasteiger partial charge is 0.379 e. The highest BCUT2D eigenvalue weighted by Gasteiger charge is 2.22. The number of carbonyl (C=O) groups is 1. The SMILES string of the molecule is CC(C)CC(CNC(=O)/C=C/c1ccccc1[N+](=O)[O-])N1CCOCC1. The Labute approximate surface area is 154 Å². The van der Waals surface area contributed by atoms with Crippen LogP contribution in [0.25, 0.3) is 6.08 Å². The van der Waals surface area contributed by atoms with E-state index in [9.17, 15) is 14.9 Å². The van der Waals surface area contributed by atoms with E-state index in [1.54, 1.807) is 18.2 Å². The van der Waals surface area contributed by atoms with E-state index in [1.165, 1.54) is 18.2 Å². The predicted molar refractivity (Wildman–Crippen MR) is 101 cm³/mol. The molecule has 1 atom stereocenters. The summed E-state index contributed by atoms with van der Waals surface area (Å²) in [4.78, 5) is 25.1. The minimum absolute atomic E-state index is 0.0115. The number of nitro groups is 1. The maximum absolute atomic E-state index is 12.2. The number of benzene rings is 1. The lowest BCUT2D eigenvalue weighted by atomic mass is 10.0. The van der Waals surface area contributed by atoms with Crippen LogP contribution in [0.5, 0.6) is 0 Å². The normalized spacial score (nSPS) is 16.7. The Morgan fingerprint density at radius 2 is 2.04 bits per heavy atom. The number of nitrogens with one attached hydrogen (secondary N) is 1. The van der Waals surface area contributed by atoms with Crippen molar-refractivity contribution >= 4 is 17.7 Å². The first kappa shape index (κ1) is 20.1. The Morgan fingerprint density at radius 1 is 1.35 bits per heavy atom. The lowest BCUT2D eigenvalue weighted by Gasteiger charge is -2.35. The Bertz CT molecular complexity index is 639. The first-order chi connectivity index (χ1) is 12.5. The number of carbonyl (C=O) groups excluding carboxylic acids is 1. The van der Waals surface area contributed by atoms with Crippen molar-refractivity contribution in [1.29, 1.82) is 0 Å². The van der Waals surface area contributed by atoms with Crippen molar-refractivity contribution in [2.45, 2.75) is 26.3 Å². The van der Waals surface area contributed by atoms with E-state index in [-0.39, 0.29) is 17.6 Å². The number of ether oxygens (including phenoxy) is 1. The van der Waals surface area contributed by atoms with Crippen molar-refractivity contribution < 1.29 is 14.5 Å². The highest BCUT2D eigenvalue weighted by Crippen LogP contribution is 2.19. The summed E-state index contributed by atoms with van der Waals surface area (Å²) in [6.45, 7) is 8.09. The molecule has 1 aromatic rings. The maximum atomic E-state index is 12.2. The molecule has 1 saturated heterocycles. The summed E-state index contributed by atoms with van der Waals surface area (Å²) in [6, 6.07) is 6.63. The number of hydrogen-bond acceptors (Lipinski definition) is 5. The minimum atomic E-state index is -0.450. The third-order valence-corrected chi connectivity index (χ3v) is 4.37. The van der Waals surface area contributed by atoms with Crippen LogP contribution in [-0.2, 0) is 9.53 Å². The molecule has 142 valence electrons. The van der Waals surface area contributed by atoms with Gasteiger partial charge in [0, 0.05) is 37.8 Å². The van der Waals surface area contributed by atoms with Crippen molar-refractivity contribution in [1.82, 2.24) is 10.2 Å². The number of morpholine rings is 1. The summed E-state index contributed by atoms with van der Waals surface area (Å²) in [6.07, 6.45) is 3.84. The molecule has 1 amide bonds. The third kappa shape index (κ3) is 6.24. The van der Waals surface area contributed by atoms with E-state index in [0.29, 0.717) is 18.0 Å². The Morgan fingerprint density at radius 3 is 2.69 bits per heavy atom. The van der Waals surface area contributed by atoms with Gasteiger partial charge in [0.2, 0.25) is 5.91 Å². The van der Waals surface area contributed by atoms with Crippen molar-refractivity contribution in [3.05, 3.63) is 46.0 Å². The van der Waals surface area contributed by atoms with Gasteiger partial charge in [-0.05, 0) is 24.5 Å². The van der Waals surface area contributed by atoms with Crippen molar-refractivity contribution in [2.75, 3.05) is 32.8 Å². The van der Waals surface area contributed by atoms with Gasteiger partial charge >= 0.3 is 0 Å². The van der Waals surface area contributed by atoms with Gasteiger partial charge in [-0.1, -0.05) is 26.0 Å². The van der Waals surface area contributed by atoms with Crippen LogP contribution in [0.1, 0.15) is 25.8 Å². The van der Waals surface area contributed by atoms with Crippen LogP contribution >= 0.6 is 0 Å². The second-order valence-corrected chi connectivity index (χ2v) is 6.83. The molecule has 26 heavy (non-hydrogen) atoms. The molecular formula is C19H27N3O4. The minimum Gasteiger partial charge on any atom is -0.379 e. The second-order valence-electron chi connectivity index (χ2n) is 6.83. The number of para-hydroxylation sites is 1. The molecule has 7 heteroatoms. The summed E-state index contributed by atoms with van der Waals surface area (Å²) < 4.78 is 5.40. The van der Waals surface area contributed by atoms with Crippen LogP contribution in [-0.4, -0.2) is 54.6 Å². The average Bonchev–Trinajstić information content (AvgIpc) is 2.64. The molecule has 1 aromatic carbocycles. The molecule has 1 heterocycles. The summed E-state index contributed by atoms with van der Waals surface area (Å²) >= 11 is 0. The van der Waals surface area contributed by atoms with Crippen molar-refractivity contribution in [3.63, 3.8) is 0 Å². The molecule has 0 spiro atoms. The van der Waals surface area contributed by atoms with Crippen LogP contribution in [0.2, 0.25) is 0 Å². The summed E-state index contributed by atoms with van der Waals surface area (Å²) in [5.74, 6) is 0.285. The fourth-order valence-corrected chi connectivity index (χ4v) is 3.09. The van der Waals surface area contributed by atoms with E-state index in [4.69, 9.17) is 4.74 Å². The van der Waals surface area contributed by atoms with Gasteiger partial charge < -0.3 is 10.1 Å². The van der Waals surface area contributed by atoms with E-state index in [1.807, 2.05) is 0 Å². The fourth-order valence-electron chi connectivity index (χ4n) is 3.09. The quantitative estimate of drug-likeness (QED) is 0.437. The molecule has 7 nitrogen and oxygen atoms in total. The molecule has 0 aromatic heterocycles. The lowest BCUT2D eigenvalue weighted by molar-refractivity contribution is -0.385. The molecule has 1 unspecified atom stereocenters. The topological polar surface area (TPSA) is 84.7 Å². The summed E-state index contributed by atoms with van der Waals surface area (Å²) in [5, 5.41) is 13.9. The molecule has 0 bridgehead atoms. The zero-order valence-corrected chi connectivity index (χ0v) is 15.4. The average molecular weight is 361 g/mol. The van der Waals surface area contributed by atoms with Gasteiger partial charge in [0.1, 0.15) is 0 Å². The molecule has 1 fully saturated rings. The van der Waals surface area contributed by atoms with Crippen LogP contribution in [0.3, 0.4) is 0 Å². The molecule has 1 aliphatic heterocycles. The van der Waals surface area contributed by atoms with Gasteiger partial charge in [-0.2, -0.15) is 0 Å². The zero-order valence-electron chi connectivity index (χ0n) is 15.4. The van der Waals surface area contributed by atoms with Crippen LogP contribution in [0.4, 0.5) is 5.69 Å². The number of hydrogen-bond donors (Lipinski definition) is 1. The Balaban J connectivity index is 1.94. The Kier molecular flexibility index (Phi) is 7.74. The van der Waals surface area contributed by atoms with E-state index < -0.39 is 4.92 Å². The summed E-state index contributed by atoms with van der Waals surface area (Å²) in [7, 11) is 0. The van der Waals surface area contributed by atoms with Gasteiger partial charge in [0.25, 0.3) is 5.69 Å². The van der Waals surface area contributed by atoms with Gasteiger partial charge in [-0.3, -0.25) is 19.8 Å². The smallest absolute Gasteiger partial charge is 0.276 e. The van der Waals surface area contributed by atoms with E-state index in [2.05, 4.69) is 24.1 Å². The highest BCUT2D eigenvalue weighted by molar-refractivity contribution is 5.92. The molecule has 0 aliphatic carbocycles. The molecule has 0 radical (unpaired) electrons. The molecule has 2 rings (SSSR count). The van der Waals surface area contributed by atoms with Gasteiger partial charge in [-0.15, -0.1) is 0 Å². The van der Waals surface area contributed by atoms with Gasteiger partial charge in [0.15, 0.2) is 0 Å². The van der Waals surface area contributed by atoms with Crippen molar-refractivity contribution in [3.8, 4) is 0 Å².